The van der Waals surface area contributed by atoms with E-state index in [1.165, 1.54) is 19.3 Å². The molecule has 0 aliphatic heterocycles. The Balaban J connectivity index is 0.000000142. The summed E-state index contributed by atoms with van der Waals surface area (Å²) in [7, 11) is 0. The predicted octanol–water partition coefficient (Wildman–Crippen LogP) is 3.55. The zero-order chi connectivity index (χ0) is 11.4. The molecule has 0 saturated heterocycles. The molecule has 0 aromatic heterocycles. The van der Waals surface area contributed by atoms with Gasteiger partial charge in [-0.25, -0.2) is 0 Å². The summed E-state index contributed by atoms with van der Waals surface area (Å²) in [5, 5.41) is 8.20. The lowest BCUT2D eigenvalue weighted by Crippen LogP contribution is -2.12. The van der Waals surface area contributed by atoms with Crippen LogP contribution in [0.2, 0.25) is 0 Å². The molecule has 4 atom stereocenters. The molecule has 0 amide bonds. The van der Waals surface area contributed by atoms with Gasteiger partial charge in [-0.3, -0.25) is 0 Å². The standard InChI is InChI=1S/C10H12.C5H12O/c1-2-9-7-4-5-8(6-7)10(9)3-1;1-2-3-4-5-6/h1-2,4-5,7-10H,3,6H2;6H,2-5H2,1H3. The number of hydrogen-bond acceptors (Lipinski definition) is 1. The van der Waals surface area contributed by atoms with E-state index in [0.29, 0.717) is 6.61 Å². The van der Waals surface area contributed by atoms with E-state index in [-0.39, 0.29) is 0 Å². The molecule has 0 spiro atoms. The van der Waals surface area contributed by atoms with E-state index in [9.17, 15) is 0 Å². The van der Waals surface area contributed by atoms with Crippen LogP contribution in [0.1, 0.15) is 39.0 Å². The lowest BCUT2D eigenvalue weighted by atomic mass is 9.86. The van der Waals surface area contributed by atoms with Gasteiger partial charge in [0.15, 0.2) is 0 Å². The lowest BCUT2D eigenvalue weighted by molar-refractivity contribution is 0.284. The Kier molecular flexibility index (Phi) is 4.22. The third kappa shape index (κ3) is 2.40. The quantitative estimate of drug-likeness (QED) is 0.569. The SMILES string of the molecule is C1=CC2C3C=CC(C3)C2C1.CCCCCO. The van der Waals surface area contributed by atoms with E-state index in [2.05, 4.69) is 31.2 Å². The molecule has 0 heterocycles. The highest BCUT2D eigenvalue weighted by Crippen LogP contribution is 2.52. The first-order valence-corrected chi connectivity index (χ1v) is 6.82. The molecule has 2 bridgehead atoms. The topological polar surface area (TPSA) is 20.2 Å². The zero-order valence-electron chi connectivity index (χ0n) is 10.3. The molecule has 1 heteroatoms. The highest BCUT2D eigenvalue weighted by atomic mass is 16.2. The van der Waals surface area contributed by atoms with E-state index >= 15 is 0 Å². The summed E-state index contributed by atoms with van der Waals surface area (Å²) in [5.41, 5.74) is 0. The Morgan fingerprint density at radius 1 is 1.12 bits per heavy atom. The van der Waals surface area contributed by atoms with Gasteiger partial charge in [-0.05, 0) is 42.9 Å². The van der Waals surface area contributed by atoms with Crippen LogP contribution < -0.4 is 0 Å². The number of allylic oxidation sites excluding steroid dienone is 4. The van der Waals surface area contributed by atoms with Crippen LogP contribution >= 0.6 is 0 Å². The van der Waals surface area contributed by atoms with Gasteiger partial charge in [-0.2, -0.15) is 0 Å². The zero-order valence-corrected chi connectivity index (χ0v) is 10.3. The maximum atomic E-state index is 8.20. The normalized spacial score (nSPS) is 37.4. The van der Waals surface area contributed by atoms with E-state index in [0.717, 1.165) is 36.5 Å². The van der Waals surface area contributed by atoms with Crippen LogP contribution in [-0.4, -0.2) is 11.7 Å². The number of hydrogen-bond donors (Lipinski definition) is 1. The third-order valence-corrected chi connectivity index (χ3v) is 4.22. The number of rotatable bonds is 3. The van der Waals surface area contributed by atoms with Gasteiger partial charge in [0.1, 0.15) is 0 Å². The maximum Gasteiger partial charge on any atom is 0.0431 e. The Bertz CT molecular complexity index is 263. The average molecular weight is 220 g/mol. The van der Waals surface area contributed by atoms with Crippen molar-refractivity contribution in [1.29, 1.82) is 0 Å². The van der Waals surface area contributed by atoms with Crippen molar-refractivity contribution in [3.05, 3.63) is 24.3 Å². The molecule has 0 aromatic rings. The van der Waals surface area contributed by atoms with Crippen molar-refractivity contribution in [2.45, 2.75) is 39.0 Å². The number of aliphatic hydroxyl groups is 1. The van der Waals surface area contributed by atoms with Gasteiger partial charge >= 0.3 is 0 Å². The molecular formula is C15H24O. The van der Waals surface area contributed by atoms with Crippen LogP contribution in [0, 0.1) is 23.7 Å². The first-order valence-electron chi connectivity index (χ1n) is 6.82. The fourth-order valence-electron chi connectivity index (χ4n) is 3.33. The van der Waals surface area contributed by atoms with Gasteiger partial charge in [0.05, 0.1) is 0 Å². The minimum Gasteiger partial charge on any atom is -0.396 e. The van der Waals surface area contributed by atoms with Crippen molar-refractivity contribution in [3.63, 3.8) is 0 Å². The van der Waals surface area contributed by atoms with Crippen molar-refractivity contribution >= 4 is 0 Å². The summed E-state index contributed by atoms with van der Waals surface area (Å²) in [6.45, 7) is 2.48. The van der Waals surface area contributed by atoms with Crippen LogP contribution in [0.3, 0.4) is 0 Å². The van der Waals surface area contributed by atoms with Gasteiger partial charge in [0, 0.05) is 6.61 Å². The summed E-state index contributed by atoms with van der Waals surface area (Å²) in [6, 6.07) is 0. The molecule has 3 aliphatic carbocycles. The molecule has 0 radical (unpaired) electrons. The van der Waals surface area contributed by atoms with Crippen LogP contribution in [-0.2, 0) is 0 Å². The van der Waals surface area contributed by atoms with E-state index in [4.69, 9.17) is 5.11 Å². The van der Waals surface area contributed by atoms with E-state index in [1.54, 1.807) is 0 Å². The van der Waals surface area contributed by atoms with Gasteiger partial charge in [-0.1, -0.05) is 44.1 Å². The lowest BCUT2D eigenvalue weighted by Gasteiger charge is -2.18. The van der Waals surface area contributed by atoms with Crippen LogP contribution in [0.15, 0.2) is 24.3 Å². The Hall–Kier alpha value is -0.560. The number of fused-ring (bicyclic) bond motifs is 5. The monoisotopic (exact) mass is 220 g/mol. The molecule has 90 valence electrons. The van der Waals surface area contributed by atoms with Crippen molar-refractivity contribution in [2.75, 3.05) is 6.61 Å². The predicted molar refractivity (Wildman–Crippen MR) is 68.1 cm³/mol. The largest absolute Gasteiger partial charge is 0.396 e. The van der Waals surface area contributed by atoms with Crippen LogP contribution in [0.5, 0.6) is 0 Å². The number of unbranched alkanes of at least 4 members (excludes halogenated alkanes) is 2. The molecule has 1 saturated carbocycles. The minimum atomic E-state index is 0.355. The van der Waals surface area contributed by atoms with Gasteiger partial charge in [0.2, 0.25) is 0 Å². The molecule has 1 N–H and O–H groups in total. The fraction of sp³-hybridized carbons (Fsp3) is 0.733. The van der Waals surface area contributed by atoms with E-state index < -0.39 is 0 Å². The molecular weight excluding hydrogens is 196 g/mol. The average Bonchev–Trinajstić information content (AvgIpc) is 2.98. The molecule has 1 nitrogen and oxygen atoms in total. The van der Waals surface area contributed by atoms with E-state index in [1.807, 2.05) is 0 Å². The molecule has 0 aromatic carbocycles. The highest BCUT2D eigenvalue weighted by molar-refractivity contribution is 5.21. The second-order valence-electron chi connectivity index (χ2n) is 5.28. The van der Waals surface area contributed by atoms with Crippen molar-refractivity contribution in [2.24, 2.45) is 23.7 Å². The summed E-state index contributed by atoms with van der Waals surface area (Å²) in [5.74, 6) is 3.82. The third-order valence-electron chi connectivity index (χ3n) is 4.22. The molecule has 1 fully saturated rings. The van der Waals surface area contributed by atoms with Crippen molar-refractivity contribution in [1.82, 2.24) is 0 Å². The Morgan fingerprint density at radius 3 is 2.56 bits per heavy atom. The molecule has 3 rings (SSSR count). The maximum absolute atomic E-state index is 8.20. The summed E-state index contributed by atoms with van der Waals surface area (Å²) in [4.78, 5) is 0. The summed E-state index contributed by atoms with van der Waals surface area (Å²) in [6.07, 6.45) is 15.8. The first kappa shape index (κ1) is 11.9. The van der Waals surface area contributed by atoms with Crippen LogP contribution in [0.25, 0.3) is 0 Å². The first-order chi connectivity index (χ1) is 7.86. The molecule has 16 heavy (non-hydrogen) atoms. The van der Waals surface area contributed by atoms with Crippen LogP contribution in [0.4, 0.5) is 0 Å². The minimum absolute atomic E-state index is 0.355. The van der Waals surface area contributed by atoms with Gasteiger partial charge in [0.25, 0.3) is 0 Å². The van der Waals surface area contributed by atoms with Gasteiger partial charge in [-0.15, -0.1) is 0 Å². The highest BCUT2D eigenvalue weighted by Gasteiger charge is 2.44. The fourth-order valence-corrected chi connectivity index (χ4v) is 3.33. The van der Waals surface area contributed by atoms with Crippen molar-refractivity contribution in [3.8, 4) is 0 Å². The smallest absolute Gasteiger partial charge is 0.0431 e. The summed E-state index contributed by atoms with van der Waals surface area (Å²) >= 11 is 0. The molecule has 4 unspecified atom stereocenters. The number of aliphatic hydroxyl groups excluding tert-OH is 1. The summed E-state index contributed by atoms with van der Waals surface area (Å²) < 4.78 is 0. The Labute approximate surface area is 99.3 Å². The van der Waals surface area contributed by atoms with Crippen molar-refractivity contribution < 1.29 is 5.11 Å². The Morgan fingerprint density at radius 2 is 1.94 bits per heavy atom. The second-order valence-corrected chi connectivity index (χ2v) is 5.28. The second kappa shape index (κ2) is 5.67. The molecule has 3 aliphatic rings. The van der Waals surface area contributed by atoms with Gasteiger partial charge < -0.3 is 5.11 Å².